The van der Waals surface area contributed by atoms with E-state index in [1.54, 1.807) is 6.92 Å². The van der Waals surface area contributed by atoms with Crippen LogP contribution in [0.5, 0.6) is 0 Å². The fraction of sp³-hybridized carbons (Fsp3) is 0.636. The molecule has 160 valence electrons. The first-order valence-corrected chi connectivity index (χ1v) is 10.6. The minimum absolute atomic E-state index is 0.0244. The highest BCUT2D eigenvalue weighted by atomic mass is 35.5. The molecule has 0 aliphatic heterocycles. The van der Waals surface area contributed by atoms with E-state index in [9.17, 15) is 18.4 Å². The zero-order valence-corrected chi connectivity index (χ0v) is 17.9. The van der Waals surface area contributed by atoms with Gasteiger partial charge in [-0.15, -0.1) is 0 Å². The molecule has 0 radical (unpaired) electrons. The van der Waals surface area contributed by atoms with Crippen molar-refractivity contribution in [2.45, 2.75) is 77.6 Å². The summed E-state index contributed by atoms with van der Waals surface area (Å²) < 4.78 is 29.0. The molecule has 1 aromatic rings. The Morgan fingerprint density at radius 2 is 2.00 bits per heavy atom. The van der Waals surface area contributed by atoms with Crippen molar-refractivity contribution in [2.75, 3.05) is 0 Å². The van der Waals surface area contributed by atoms with E-state index in [-0.39, 0.29) is 30.2 Å². The fourth-order valence-electron chi connectivity index (χ4n) is 4.98. The summed E-state index contributed by atoms with van der Waals surface area (Å²) >= 11 is 6.25. The van der Waals surface area contributed by atoms with E-state index in [4.69, 9.17) is 11.6 Å². The van der Waals surface area contributed by atoms with E-state index in [0.717, 1.165) is 6.42 Å². The summed E-state index contributed by atoms with van der Waals surface area (Å²) in [4.78, 5) is 24.4. The van der Waals surface area contributed by atoms with Gasteiger partial charge in [0, 0.05) is 29.5 Å². The minimum atomic E-state index is -0.961. The molecule has 2 aliphatic carbocycles. The first-order valence-electron chi connectivity index (χ1n) is 10.3. The Kier molecular flexibility index (Phi) is 6.51. The van der Waals surface area contributed by atoms with Crippen molar-refractivity contribution in [1.29, 1.82) is 0 Å². The van der Waals surface area contributed by atoms with E-state index in [0.29, 0.717) is 41.8 Å². The van der Waals surface area contributed by atoms with Gasteiger partial charge in [-0.05, 0) is 68.6 Å². The van der Waals surface area contributed by atoms with Gasteiger partial charge in [0.05, 0.1) is 6.04 Å². The molecule has 0 spiro atoms. The van der Waals surface area contributed by atoms with Gasteiger partial charge in [0.1, 0.15) is 12.0 Å². The van der Waals surface area contributed by atoms with E-state index in [2.05, 4.69) is 10.6 Å². The van der Waals surface area contributed by atoms with E-state index in [1.807, 2.05) is 6.92 Å². The quantitative estimate of drug-likeness (QED) is 0.712. The van der Waals surface area contributed by atoms with Crippen LogP contribution in [-0.4, -0.2) is 24.0 Å². The number of alkyl halides is 1. The van der Waals surface area contributed by atoms with E-state index >= 15 is 0 Å². The van der Waals surface area contributed by atoms with Gasteiger partial charge in [0.25, 0.3) is 0 Å². The molecule has 2 saturated carbocycles. The number of hydrogen-bond acceptors (Lipinski definition) is 2. The third kappa shape index (κ3) is 4.73. The molecule has 2 amide bonds. The summed E-state index contributed by atoms with van der Waals surface area (Å²) in [5.41, 5.74) is 0.322. The number of carbonyl (C=O) groups excluding carboxylic acids is 2. The summed E-state index contributed by atoms with van der Waals surface area (Å²) in [5.74, 6) is -0.991. The van der Waals surface area contributed by atoms with Crippen LogP contribution in [0.4, 0.5) is 8.78 Å². The summed E-state index contributed by atoms with van der Waals surface area (Å²) in [5, 5.41) is 6.33. The van der Waals surface area contributed by atoms with Crippen LogP contribution < -0.4 is 10.6 Å². The Bertz CT molecular complexity index is 803. The predicted molar refractivity (Wildman–Crippen MR) is 109 cm³/mol. The molecule has 5 atom stereocenters. The third-order valence-electron chi connectivity index (χ3n) is 6.60. The van der Waals surface area contributed by atoms with Crippen molar-refractivity contribution in [1.82, 2.24) is 10.6 Å². The van der Waals surface area contributed by atoms with E-state index in [1.165, 1.54) is 19.1 Å². The zero-order valence-electron chi connectivity index (χ0n) is 17.2. The Morgan fingerprint density at radius 1 is 1.28 bits per heavy atom. The standard InChI is InChI=1S/C22H29ClF2N2O2/c1-12-17(23)6-7-18(25)19(12)20(22(3)9-8-15(24)11-22)27-21(29)14-4-5-16(10-14)26-13(2)28/h6-7,14-16,20H,4-5,8-11H2,1-3H3,(H,26,28)(H,27,29)/t14-,15+,16-,20-,22+/m1/s1. The first kappa shape index (κ1) is 22.0. The molecule has 3 rings (SSSR count). The Morgan fingerprint density at radius 3 is 2.62 bits per heavy atom. The minimum Gasteiger partial charge on any atom is -0.354 e. The second kappa shape index (κ2) is 8.58. The summed E-state index contributed by atoms with van der Waals surface area (Å²) in [6, 6.07) is 2.12. The predicted octanol–water partition coefficient (Wildman–Crippen LogP) is 4.78. The van der Waals surface area contributed by atoms with Crippen LogP contribution in [0.1, 0.15) is 69.5 Å². The Labute approximate surface area is 175 Å². The molecular formula is C22H29ClF2N2O2. The van der Waals surface area contributed by atoms with Crippen molar-refractivity contribution < 1.29 is 18.4 Å². The fourth-order valence-corrected chi connectivity index (χ4v) is 5.14. The highest BCUT2D eigenvalue weighted by molar-refractivity contribution is 6.31. The van der Waals surface area contributed by atoms with Gasteiger partial charge in [0.15, 0.2) is 0 Å². The lowest BCUT2D eigenvalue weighted by atomic mass is 9.75. The number of amides is 2. The smallest absolute Gasteiger partial charge is 0.223 e. The SMILES string of the molecule is CC(=O)N[C@@H]1CC[C@@H](C(=O)N[C@H](c2c(F)ccc(Cl)c2C)[C@@]2(C)CC[C@H](F)C2)C1. The summed E-state index contributed by atoms with van der Waals surface area (Å²) in [7, 11) is 0. The second-order valence-electron chi connectivity index (χ2n) is 8.91. The van der Waals surface area contributed by atoms with Gasteiger partial charge in [-0.3, -0.25) is 9.59 Å². The molecule has 0 aromatic heterocycles. The molecule has 2 aliphatic rings. The molecule has 4 nitrogen and oxygen atoms in total. The molecular weight excluding hydrogens is 398 g/mol. The van der Waals surface area contributed by atoms with Gasteiger partial charge in [-0.25, -0.2) is 8.78 Å². The summed E-state index contributed by atoms with van der Waals surface area (Å²) in [6.45, 7) is 5.10. The topological polar surface area (TPSA) is 58.2 Å². The average molecular weight is 427 g/mol. The average Bonchev–Trinajstić information content (AvgIpc) is 3.24. The van der Waals surface area contributed by atoms with Gasteiger partial charge in [0.2, 0.25) is 11.8 Å². The maximum Gasteiger partial charge on any atom is 0.223 e. The normalized spacial score (nSPS) is 30.2. The number of benzene rings is 1. The molecule has 2 N–H and O–H groups in total. The van der Waals surface area contributed by atoms with Crippen molar-refractivity contribution in [3.05, 3.63) is 34.1 Å². The number of nitrogens with one attached hydrogen (secondary N) is 2. The van der Waals surface area contributed by atoms with Crippen molar-refractivity contribution in [2.24, 2.45) is 11.3 Å². The first-order chi connectivity index (χ1) is 13.6. The van der Waals surface area contributed by atoms with Crippen LogP contribution in [0.25, 0.3) is 0 Å². The molecule has 1 aromatic carbocycles. The lowest BCUT2D eigenvalue weighted by Crippen LogP contribution is -2.42. The van der Waals surface area contributed by atoms with Crippen molar-refractivity contribution in [3.8, 4) is 0 Å². The lowest BCUT2D eigenvalue weighted by Gasteiger charge is -2.37. The van der Waals surface area contributed by atoms with Crippen molar-refractivity contribution >= 4 is 23.4 Å². The number of rotatable bonds is 5. The van der Waals surface area contributed by atoms with Gasteiger partial charge in [-0.2, -0.15) is 0 Å². The number of halogens is 3. The maximum atomic E-state index is 14.9. The van der Waals surface area contributed by atoms with Gasteiger partial charge in [-0.1, -0.05) is 18.5 Å². The van der Waals surface area contributed by atoms with Crippen LogP contribution >= 0.6 is 11.6 Å². The molecule has 2 fully saturated rings. The van der Waals surface area contributed by atoms with Crippen molar-refractivity contribution in [3.63, 3.8) is 0 Å². The highest BCUT2D eigenvalue weighted by Crippen LogP contribution is 2.50. The molecule has 0 saturated heterocycles. The van der Waals surface area contributed by atoms with Crippen LogP contribution in [0, 0.1) is 24.1 Å². The zero-order chi connectivity index (χ0) is 21.3. The van der Waals surface area contributed by atoms with Crippen LogP contribution in [0.3, 0.4) is 0 Å². The van der Waals surface area contributed by atoms with Crippen LogP contribution in [0.2, 0.25) is 5.02 Å². The van der Waals surface area contributed by atoms with E-state index < -0.39 is 23.4 Å². The number of carbonyl (C=O) groups is 2. The van der Waals surface area contributed by atoms with Gasteiger partial charge < -0.3 is 10.6 Å². The van der Waals surface area contributed by atoms with Gasteiger partial charge >= 0.3 is 0 Å². The lowest BCUT2D eigenvalue weighted by molar-refractivity contribution is -0.127. The molecule has 0 bridgehead atoms. The maximum absolute atomic E-state index is 14.9. The monoisotopic (exact) mass is 426 g/mol. The second-order valence-corrected chi connectivity index (χ2v) is 9.32. The molecule has 0 unspecified atom stereocenters. The number of hydrogen-bond donors (Lipinski definition) is 2. The summed E-state index contributed by atoms with van der Waals surface area (Å²) in [6.07, 6.45) is 2.21. The highest BCUT2D eigenvalue weighted by Gasteiger charge is 2.45. The van der Waals surface area contributed by atoms with Crippen LogP contribution in [-0.2, 0) is 9.59 Å². The molecule has 29 heavy (non-hydrogen) atoms. The molecule has 0 heterocycles. The van der Waals surface area contributed by atoms with Crippen LogP contribution in [0.15, 0.2) is 12.1 Å². The largest absolute Gasteiger partial charge is 0.354 e. The Hall–Kier alpha value is -1.69. The Balaban J connectivity index is 1.87. The molecule has 7 heteroatoms. The third-order valence-corrected chi connectivity index (χ3v) is 7.00.